The molecular weight excluding hydrogens is 244 g/mol. The summed E-state index contributed by atoms with van der Waals surface area (Å²) in [5.74, 6) is -0.386. The maximum Gasteiger partial charge on any atom is 0.340 e. The quantitative estimate of drug-likeness (QED) is 0.649. The van der Waals surface area contributed by atoms with Gasteiger partial charge >= 0.3 is 5.97 Å². The van der Waals surface area contributed by atoms with Gasteiger partial charge in [0.25, 0.3) is 0 Å². The van der Waals surface area contributed by atoms with Crippen molar-refractivity contribution < 1.29 is 9.53 Å². The number of nitrogens with two attached hydrogens (primary N) is 1. The first kappa shape index (κ1) is 13.1. The van der Waals surface area contributed by atoms with Crippen LogP contribution in [0, 0.1) is 6.92 Å². The largest absolute Gasteiger partial charge is 0.462 e. The Morgan fingerprint density at radius 3 is 3.11 bits per heavy atom. The molecule has 0 spiro atoms. The number of hydrogen-bond donors (Lipinski definition) is 1. The molecule has 2 aromatic heterocycles. The van der Waals surface area contributed by atoms with E-state index in [1.165, 1.54) is 6.20 Å². The van der Waals surface area contributed by atoms with E-state index in [1.54, 1.807) is 25.5 Å². The Morgan fingerprint density at radius 2 is 2.37 bits per heavy atom. The number of nitrogen functional groups attached to an aromatic ring is 1. The summed E-state index contributed by atoms with van der Waals surface area (Å²) in [6, 6.07) is 1.58. The number of pyridine rings is 1. The van der Waals surface area contributed by atoms with Crippen molar-refractivity contribution in [1.82, 2.24) is 14.5 Å². The lowest BCUT2D eigenvalue weighted by atomic mass is 10.2. The second kappa shape index (κ2) is 5.99. The number of hydrogen-bond acceptors (Lipinski definition) is 5. The standard InChI is InChI=1S/C13H16N4O2/c1-10-12(7-11(14)8-16-10)13(18)19-6-2-4-17-5-3-15-9-17/h3,5,7-9H,2,4,6,14H2,1H3. The highest BCUT2D eigenvalue weighted by Gasteiger charge is 2.11. The fourth-order valence-electron chi connectivity index (χ4n) is 1.66. The van der Waals surface area contributed by atoms with Gasteiger partial charge in [-0.25, -0.2) is 9.78 Å². The van der Waals surface area contributed by atoms with Gasteiger partial charge in [-0.3, -0.25) is 4.98 Å². The molecule has 0 bridgehead atoms. The normalized spacial score (nSPS) is 10.4. The molecule has 19 heavy (non-hydrogen) atoms. The van der Waals surface area contributed by atoms with Gasteiger partial charge in [-0.05, 0) is 19.4 Å². The Bertz CT molecular complexity index is 552. The molecule has 0 fully saturated rings. The summed E-state index contributed by atoms with van der Waals surface area (Å²) in [6.07, 6.45) is 7.57. The molecule has 2 N–H and O–H groups in total. The van der Waals surface area contributed by atoms with Crippen LogP contribution in [0.3, 0.4) is 0 Å². The summed E-state index contributed by atoms with van der Waals surface area (Å²) in [4.78, 5) is 19.8. The first-order valence-corrected chi connectivity index (χ1v) is 6.02. The Morgan fingerprint density at radius 1 is 1.53 bits per heavy atom. The summed E-state index contributed by atoms with van der Waals surface area (Å²) in [5.41, 5.74) is 7.10. The zero-order chi connectivity index (χ0) is 13.7. The topological polar surface area (TPSA) is 83.0 Å². The van der Waals surface area contributed by atoms with E-state index < -0.39 is 0 Å². The zero-order valence-electron chi connectivity index (χ0n) is 10.7. The number of imidazole rings is 1. The van der Waals surface area contributed by atoms with Gasteiger partial charge in [0.1, 0.15) is 0 Å². The van der Waals surface area contributed by atoms with Gasteiger partial charge in [0.15, 0.2) is 0 Å². The maximum atomic E-state index is 11.8. The lowest BCUT2D eigenvalue weighted by Gasteiger charge is -2.07. The van der Waals surface area contributed by atoms with Crippen molar-refractivity contribution >= 4 is 11.7 Å². The number of esters is 1. The first-order chi connectivity index (χ1) is 9.16. The molecule has 6 nitrogen and oxygen atoms in total. The molecule has 0 radical (unpaired) electrons. The van der Waals surface area contributed by atoms with Crippen LogP contribution >= 0.6 is 0 Å². The molecule has 0 aliphatic heterocycles. The molecule has 2 rings (SSSR count). The minimum Gasteiger partial charge on any atom is -0.462 e. The predicted octanol–water partition coefficient (Wildman–Crippen LogP) is 1.42. The van der Waals surface area contributed by atoms with Crippen LogP contribution in [-0.2, 0) is 11.3 Å². The van der Waals surface area contributed by atoms with Crippen molar-refractivity contribution in [1.29, 1.82) is 0 Å². The summed E-state index contributed by atoms with van der Waals surface area (Å²) >= 11 is 0. The molecule has 6 heteroatoms. The van der Waals surface area contributed by atoms with Crippen LogP contribution in [0.5, 0.6) is 0 Å². The fraction of sp³-hybridized carbons (Fsp3) is 0.308. The average molecular weight is 260 g/mol. The molecule has 2 heterocycles. The molecule has 0 unspecified atom stereocenters. The number of nitrogens with zero attached hydrogens (tertiary/aromatic N) is 3. The molecular formula is C13H16N4O2. The van der Waals surface area contributed by atoms with Crippen molar-refractivity contribution in [2.24, 2.45) is 0 Å². The Balaban J connectivity index is 1.82. The van der Waals surface area contributed by atoms with Gasteiger partial charge in [-0.2, -0.15) is 0 Å². The minimum absolute atomic E-state index is 0.352. The lowest BCUT2D eigenvalue weighted by molar-refractivity contribution is 0.0494. The van der Waals surface area contributed by atoms with Crippen LogP contribution in [0.1, 0.15) is 22.5 Å². The third-order valence-corrected chi connectivity index (χ3v) is 2.68. The molecule has 0 atom stereocenters. The zero-order valence-corrected chi connectivity index (χ0v) is 10.7. The summed E-state index contributed by atoms with van der Waals surface area (Å²) in [5, 5.41) is 0. The molecule has 0 aliphatic carbocycles. The van der Waals surface area contributed by atoms with E-state index in [1.807, 2.05) is 10.8 Å². The van der Waals surface area contributed by atoms with Crippen LogP contribution in [0.25, 0.3) is 0 Å². The number of aryl methyl sites for hydroxylation is 2. The molecule has 0 saturated carbocycles. The van der Waals surface area contributed by atoms with Gasteiger partial charge in [0.05, 0.1) is 36.1 Å². The highest BCUT2D eigenvalue weighted by Crippen LogP contribution is 2.11. The van der Waals surface area contributed by atoms with E-state index in [-0.39, 0.29) is 5.97 Å². The van der Waals surface area contributed by atoms with E-state index in [0.717, 1.165) is 13.0 Å². The van der Waals surface area contributed by atoms with Gasteiger partial charge < -0.3 is 15.0 Å². The number of carbonyl (C=O) groups is 1. The Labute approximate surface area is 111 Å². The molecule has 0 aliphatic rings. The summed E-state index contributed by atoms with van der Waals surface area (Å²) in [6.45, 7) is 2.87. The van der Waals surface area contributed by atoms with Crippen molar-refractivity contribution in [3.63, 3.8) is 0 Å². The van der Waals surface area contributed by atoms with Crippen molar-refractivity contribution in [2.75, 3.05) is 12.3 Å². The smallest absolute Gasteiger partial charge is 0.340 e. The second-order valence-electron chi connectivity index (χ2n) is 4.19. The maximum absolute atomic E-state index is 11.8. The van der Waals surface area contributed by atoms with Crippen LogP contribution in [0.4, 0.5) is 5.69 Å². The number of anilines is 1. The monoisotopic (exact) mass is 260 g/mol. The van der Waals surface area contributed by atoms with Crippen molar-refractivity contribution in [3.05, 3.63) is 42.2 Å². The van der Waals surface area contributed by atoms with Crippen molar-refractivity contribution in [2.45, 2.75) is 19.9 Å². The molecule has 0 amide bonds. The molecule has 0 saturated heterocycles. The fourth-order valence-corrected chi connectivity index (χ4v) is 1.66. The third-order valence-electron chi connectivity index (χ3n) is 2.68. The SMILES string of the molecule is Cc1ncc(N)cc1C(=O)OCCCn1ccnc1. The van der Waals surface area contributed by atoms with Crippen LogP contribution in [0.2, 0.25) is 0 Å². The molecule has 2 aromatic rings. The van der Waals surface area contributed by atoms with E-state index in [4.69, 9.17) is 10.5 Å². The average Bonchev–Trinajstić information content (AvgIpc) is 2.90. The highest BCUT2D eigenvalue weighted by atomic mass is 16.5. The van der Waals surface area contributed by atoms with Gasteiger partial charge in [0, 0.05) is 18.9 Å². The molecule has 0 aromatic carbocycles. The van der Waals surface area contributed by atoms with Crippen LogP contribution in [0.15, 0.2) is 31.0 Å². The Hall–Kier alpha value is -2.37. The van der Waals surface area contributed by atoms with Crippen LogP contribution < -0.4 is 5.73 Å². The number of ether oxygens (including phenoxy) is 1. The highest BCUT2D eigenvalue weighted by molar-refractivity contribution is 5.91. The van der Waals surface area contributed by atoms with E-state index in [0.29, 0.717) is 23.6 Å². The second-order valence-corrected chi connectivity index (χ2v) is 4.19. The number of rotatable bonds is 5. The van der Waals surface area contributed by atoms with E-state index >= 15 is 0 Å². The number of carbonyl (C=O) groups excluding carboxylic acids is 1. The minimum atomic E-state index is -0.386. The Kier molecular flexibility index (Phi) is 4.12. The lowest BCUT2D eigenvalue weighted by Crippen LogP contribution is -2.11. The van der Waals surface area contributed by atoms with Gasteiger partial charge in [-0.1, -0.05) is 0 Å². The van der Waals surface area contributed by atoms with Crippen molar-refractivity contribution in [3.8, 4) is 0 Å². The van der Waals surface area contributed by atoms with Crippen LogP contribution in [-0.4, -0.2) is 27.1 Å². The summed E-state index contributed by atoms with van der Waals surface area (Å²) < 4.78 is 7.13. The van der Waals surface area contributed by atoms with E-state index in [2.05, 4.69) is 9.97 Å². The first-order valence-electron chi connectivity index (χ1n) is 6.02. The third kappa shape index (κ3) is 3.54. The van der Waals surface area contributed by atoms with E-state index in [9.17, 15) is 4.79 Å². The molecule has 100 valence electrons. The summed E-state index contributed by atoms with van der Waals surface area (Å²) in [7, 11) is 0. The predicted molar refractivity (Wildman–Crippen MR) is 70.5 cm³/mol. The number of aromatic nitrogens is 3. The van der Waals surface area contributed by atoms with Gasteiger partial charge in [0.2, 0.25) is 0 Å². The van der Waals surface area contributed by atoms with Gasteiger partial charge in [-0.15, -0.1) is 0 Å².